The Morgan fingerprint density at radius 1 is 1.24 bits per heavy atom. The van der Waals surface area contributed by atoms with E-state index in [2.05, 4.69) is 48.9 Å². The number of benzene rings is 1. The predicted molar refractivity (Wildman–Crippen MR) is 74.7 cm³/mol. The number of rotatable bonds is 5. The topological polar surface area (TPSA) is 12.0 Å². The second-order valence-corrected chi connectivity index (χ2v) is 5.89. The van der Waals surface area contributed by atoms with E-state index in [1.54, 1.807) is 0 Å². The minimum Gasteiger partial charge on any atom is -0.312 e. The summed E-state index contributed by atoms with van der Waals surface area (Å²) in [6.07, 6.45) is 0.958. The van der Waals surface area contributed by atoms with E-state index in [1.165, 1.54) is 11.6 Å². The van der Waals surface area contributed by atoms with E-state index < -0.39 is 0 Å². The zero-order chi connectivity index (χ0) is 13.0. The van der Waals surface area contributed by atoms with Gasteiger partial charge in [-0.3, -0.25) is 0 Å². The molecule has 0 heterocycles. The molecule has 0 amide bonds. The molecule has 0 fully saturated rings. The van der Waals surface area contributed by atoms with Crippen LogP contribution in [0.2, 0.25) is 0 Å². The van der Waals surface area contributed by atoms with Gasteiger partial charge in [-0.15, -0.1) is 0 Å². The van der Waals surface area contributed by atoms with Crippen LogP contribution < -0.4 is 5.32 Å². The van der Waals surface area contributed by atoms with Gasteiger partial charge in [-0.05, 0) is 52.9 Å². The lowest BCUT2D eigenvalue weighted by Gasteiger charge is -2.23. The van der Waals surface area contributed by atoms with E-state index in [-0.39, 0.29) is 5.82 Å². The fraction of sp³-hybridized carbons (Fsp3) is 0.571. The Balaban J connectivity index is 2.61. The Kier molecular flexibility index (Phi) is 5.60. The highest BCUT2D eigenvalue weighted by Gasteiger charge is 2.14. The molecule has 1 rings (SSSR count). The van der Waals surface area contributed by atoms with Crippen molar-refractivity contribution in [3.05, 3.63) is 34.1 Å². The third-order valence-corrected chi connectivity index (χ3v) is 3.60. The zero-order valence-corrected chi connectivity index (χ0v) is 12.5. The van der Waals surface area contributed by atoms with Crippen LogP contribution in [0, 0.1) is 11.7 Å². The Morgan fingerprint density at radius 3 is 2.41 bits per heavy atom. The number of hydrogen-bond donors (Lipinski definition) is 1. The van der Waals surface area contributed by atoms with E-state index in [9.17, 15) is 4.39 Å². The molecule has 0 aliphatic carbocycles. The van der Waals surface area contributed by atoms with Crippen LogP contribution >= 0.6 is 15.9 Å². The number of hydrogen-bond acceptors (Lipinski definition) is 1. The molecular weight excluding hydrogens is 281 g/mol. The van der Waals surface area contributed by atoms with Gasteiger partial charge in [-0.2, -0.15) is 0 Å². The summed E-state index contributed by atoms with van der Waals surface area (Å²) in [5.74, 6) is 0.324. The van der Waals surface area contributed by atoms with E-state index in [4.69, 9.17) is 0 Å². The summed E-state index contributed by atoms with van der Waals surface area (Å²) in [6, 6.07) is 6.20. The first-order valence-electron chi connectivity index (χ1n) is 6.10. The molecule has 0 spiro atoms. The summed E-state index contributed by atoms with van der Waals surface area (Å²) in [5.41, 5.74) is 1.17. The SMILES string of the molecule is CC(C)NC(C)C(C)Cc1ccc(F)c(Br)c1. The molecular formula is C14H21BrFN. The van der Waals surface area contributed by atoms with Crippen molar-refractivity contribution in [2.75, 3.05) is 0 Å². The van der Waals surface area contributed by atoms with Crippen LogP contribution in [-0.4, -0.2) is 12.1 Å². The summed E-state index contributed by atoms with van der Waals surface area (Å²) < 4.78 is 13.7. The van der Waals surface area contributed by atoms with Gasteiger partial charge in [0.25, 0.3) is 0 Å². The average Bonchev–Trinajstić information content (AvgIpc) is 2.22. The molecule has 0 aromatic heterocycles. The first kappa shape index (κ1) is 14.7. The molecule has 2 unspecified atom stereocenters. The summed E-state index contributed by atoms with van der Waals surface area (Å²) in [6.45, 7) is 8.72. The Bertz CT molecular complexity index is 365. The normalized spacial score (nSPS) is 15.0. The third-order valence-electron chi connectivity index (χ3n) is 2.99. The van der Waals surface area contributed by atoms with Crippen molar-refractivity contribution in [1.82, 2.24) is 5.32 Å². The molecule has 1 aromatic carbocycles. The van der Waals surface area contributed by atoms with Gasteiger partial charge in [-0.1, -0.05) is 26.8 Å². The molecule has 1 nitrogen and oxygen atoms in total. The second kappa shape index (κ2) is 6.50. The van der Waals surface area contributed by atoms with E-state index >= 15 is 0 Å². The first-order chi connectivity index (χ1) is 7.90. The molecule has 0 saturated carbocycles. The van der Waals surface area contributed by atoms with Crippen molar-refractivity contribution in [3.8, 4) is 0 Å². The molecule has 0 aliphatic heterocycles. The quantitative estimate of drug-likeness (QED) is 0.861. The third kappa shape index (κ3) is 4.76. The number of nitrogens with one attached hydrogen (secondary N) is 1. The molecule has 0 radical (unpaired) electrons. The molecule has 96 valence electrons. The molecule has 1 N–H and O–H groups in total. The molecule has 2 atom stereocenters. The Hall–Kier alpha value is -0.410. The lowest BCUT2D eigenvalue weighted by atomic mass is 9.94. The van der Waals surface area contributed by atoms with Gasteiger partial charge in [0.2, 0.25) is 0 Å². The summed E-state index contributed by atoms with van der Waals surface area (Å²) in [4.78, 5) is 0. The molecule has 0 bridgehead atoms. The maximum atomic E-state index is 13.1. The predicted octanol–water partition coefficient (Wildman–Crippen LogP) is 4.15. The van der Waals surface area contributed by atoms with Crippen LogP contribution in [-0.2, 0) is 6.42 Å². The van der Waals surface area contributed by atoms with Crippen LogP contribution in [0.4, 0.5) is 4.39 Å². The Morgan fingerprint density at radius 2 is 1.88 bits per heavy atom. The summed E-state index contributed by atoms with van der Waals surface area (Å²) in [5, 5.41) is 3.50. The maximum Gasteiger partial charge on any atom is 0.137 e. The summed E-state index contributed by atoms with van der Waals surface area (Å²) in [7, 11) is 0. The van der Waals surface area contributed by atoms with E-state index in [0.29, 0.717) is 22.5 Å². The lowest BCUT2D eigenvalue weighted by Crippen LogP contribution is -2.37. The fourth-order valence-electron chi connectivity index (χ4n) is 1.91. The van der Waals surface area contributed by atoms with Gasteiger partial charge in [-0.25, -0.2) is 4.39 Å². The van der Waals surface area contributed by atoms with Crippen molar-refractivity contribution in [2.24, 2.45) is 5.92 Å². The highest BCUT2D eigenvalue weighted by Crippen LogP contribution is 2.20. The van der Waals surface area contributed by atoms with Crippen molar-refractivity contribution in [1.29, 1.82) is 0 Å². The molecule has 1 aromatic rings. The highest BCUT2D eigenvalue weighted by atomic mass is 79.9. The van der Waals surface area contributed by atoms with Gasteiger partial charge in [0.15, 0.2) is 0 Å². The van der Waals surface area contributed by atoms with Crippen molar-refractivity contribution in [3.63, 3.8) is 0 Å². The van der Waals surface area contributed by atoms with E-state index in [1.807, 2.05) is 12.1 Å². The average molecular weight is 302 g/mol. The monoisotopic (exact) mass is 301 g/mol. The van der Waals surface area contributed by atoms with Crippen LogP contribution in [0.3, 0.4) is 0 Å². The maximum absolute atomic E-state index is 13.1. The molecule has 0 saturated heterocycles. The van der Waals surface area contributed by atoms with Crippen molar-refractivity contribution >= 4 is 15.9 Å². The highest BCUT2D eigenvalue weighted by molar-refractivity contribution is 9.10. The smallest absolute Gasteiger partial charge is 0.137 e. The van der Waals surface area contributed by atoms with Crippen molar-refractivity contribution in [2.45, 2.75) is 46.2 Å². The van der Waals surface area contributed by atoms with Gasteiger partial charge in [0.1, 0.15) is 5.82 Å². The Labute approximate surface area is 112 Å². The minimum atomic E-state index is -0.199. The fourth-order valence-corrected chi connectivity index (χ4v) is 2.33. The van der Waals surface area contributed by atoms with Gasteiger partial charge in [0, 0.05) is 12.1 Å². The van der Waals surface area contributed by atoms with Crippen LogP contribution in [0.5, 0.6) is 0 Å². The van der Waals surface area contributed by atoms with Gasteiger partial charge >= 0.3 is 0 Å². The van der Waals surface area contributed by atoms with Gasteiger partial charge in [0.05, 0.1) is 4.47 Å². The first-order valence-corrected chi connectivity index (χ1v) is 6.89. The van der Waals surface area contributed by atoms with E-state index in [0.717, 1.165) is 6.42 Å². The standard InChI is InChI=1S/C14H21BrFN/c1-9(2)17-11(4)10(3)7-12-5-6-14(16)13(15)8-12/h5-6,8-11,17H,7H2,1-4H3. The zero-order valence-electron chi connectivity index (χ0n) is 10.9. The largest absolute Gasteiger partial charge is 0.312 e. The lowest BCUT2D eigenvalue weighted by molar-refractivity contribution is 0.372. The van der Waals surface area contributed by atoms with Crippen LogP contribution in [0.1, 0.15) is 33.3 Å². The van der Waals surface area contributed by atoms with Gasteiger partial charge < -0.3 is 5.32 Å². The second-order valence-electron chi connectivity index (χ2n) is 5.04. The molecule has 0 aliphatic rings. The minimum absolute atomic E-state index is 0.199. The molecule has 3 heteroatoms. The molecule has 17 heavy (non-hydrogen) atoms. The van der Waals surface area contributed by atoms with Crippen molar-refractivity contribution < 1.29 is 4.39 Å². The number of halogens is 2. The van der Waals surface area contributed by atoms with Crippen LogP contribution in [0.25, 0.3) is 0 Å². The summed E-state index contributed by atoms with van der Waals surface area (Å²) >= 11 is 3.22. The van der Waals surface area contributed by atoms with Crippen LogP contribution in [0.15, 0.2) is 22.7 Å².